The minimum Gasteiger partial charge on any atom is -0.380 e. The summed E-state index contributed by atoms with van der Waals surface area (Å²) in [6, 6.07) is -0.0314. The molecule has 0 radical (unpaired) electrons. The van der Waals surface area contributed by atoms with Gasteiger partial charge in [0.05, 0.1) is 19.4 Å². The van der Waals surface area contributed by atoms with E-state index in [2.05, 4.69) is 9.97 Å². The maximum Gasteiger partial charge on any atom is 0.318 e. The summed E-state index contributed by atoms with van der Waals surface area (Å²) in [6.45, 7) is 1.61. The van der Waals surface area contributed by atoms with Crippen LogP contribution >= 0.6 is 11.6 Å². The first kappa shape index (κ1) is 14.8. The number of nitrogens with zero attached hydrogens (tertiary/aromatic N) is 4. The normalized spacial score (nSPS) is 20.8. The lowest BCUT2D eigenvalue weighted by molar-refractivity contribution is -0.135. The lowest BCUT2D eigenvalue weighted by Gasteiger charge is -2.46. The van der Waals surface area contributed by atoms with Crippen LogP contribution in [0.5, 0.6) is 0 Å². The first-order valence-electron chi connectivity index (χ1n) is 7.72. The molecule has 1 aliphatic heterocycles. The van der Waals surface area contributed by atoms with Crippen LogP contribution in [0.1, 0.15) is 31.7 Å². The number of hydrogen-bond acceptors (Lipinski definition) is 5. The minimum absolute atomic E-state index is 0.0314. The minimum atomic E-state index is -0.560. The van der Waals surface area contributed by atoms with Gasteiger partial charge in [-0.3, -0.25) is 14.2 Å². The standard InChI is InChI=1S/C15H17ClN4O3/c1-19-10-6-17-14(16)18-11(10)20(13(22)12(19)21)9-2-4-15(5-3-9)7-23-8-15/h6,9H,2-5,7-8H2,1H3. The van der Waals surface area contributed by atoms with Gasteiger partial charge in [0.25, 0.3) is 0 Å². The topological polar surface area (TPSA) is 79.0 Å². The molecule has 0 N–H and O–H groups in total. The Balaban J connectivity index is 1.84. The Morgan fingerprint density at radius 1 is 1.26 bits per heavy atom. The van der Waals surface area contributed by atoms with E-state index in [9.17, 15) is 9.59 Å². The highest BCUT2D eigenvalue weighted by Crippen LogP contribution is 2.45. The smallest absolute Gasteiger partial charge is 0.318 e. The van der Waals surface area contributed by atoms with Gasteiger partial charge in [-0.05, 0) is 37.3 Å². The van der Waals surface area contributed by atoms with Crippen molar-refractivity contribution in [3.8, 4) is 0 Å². The van der Waals surface area contributed by atoms with Crippen LogP contribution in [-0.4, -0.2) is 32.3 Å². The molecule has 2 aromatic rings. The molecule has 0 bridgehead atoms. The molecule has 2 fully saturated rings. The Bertz CT molecular complexity index is 890. The maximum atomic E-state index is 12.6. The molecule has 3 heterocycles. The third-order valence-corrected chi connectivity index (χ3v) is 5.40. The molecule has 1 saturated carbocycles. The molecule has 1 saturated heterocycles. The second-order valence-electron chi connectivity index (χ2n) is 6.61. The summed E-state index contributed by atoms with van der Waals surface area (Å²) in [5.41, 5.74) is 0.132. The fraction of sp³-hybridized carbons (Fsp3) is 0.600. The Labute approximate surface area is 136 Å². The van der Waals surface area contributed by atoms with Gasteiger partial charge in [0.2, 0.25) is 5.28 Å². The van der Waals surface area contributed by atoms with E-state index in [-0.39, 0.29) is 16.7 Å². The van der Waals surface area contributed by atoms with E-state index in [1.807, 2.05) is 0 Å². The number of rotatable bonds is 1. The monoisotopic (exact) mass is 336 g/mol. The molecule has 23 heavy (non-hydrogen) atoms. The zero-order valence-electron chi connectivity index (χ0n) is 12.8. The molecule has 0 amide bonds. The zero-order chi connectivity index (χ0) is 16.2. The van der Waals surface area contributed by atoms with Gasteiger partial charge in [0, 0.05) is 18.5 Å². The maximum absolute atomic E-state index is 12.6. The molecular formula is C15H17ClN4O3. The summed E-state index contributed by atoms with van der Waals surface area (Å²) >= 11 is 5.91. The first-order valence-corrected chi connectivity index (χ1v) is 8.10. The number of aromatic nitrogens is 4. The van der Waals surface area contributed by atoms with E-state index >= 15 is 0 Å². The second kappa shape index (κ2) is 5.14. The fourth-order valence-corrected chi connectivity index (χ4v) is 3.83. The van der Waals surface area contributed by atoms with Crippen molar-refractivity contribution in [1.82, 2.24) is 19.1 Å². The van der Waals surface area contributed by atoms with Gasteiger partial charge in [-0.15, -0.1) is 0 Å². The number of hydrogen-bond donors (Lipinski definition) is 0. The highest BCUT2D eigenvalue weighted by molar-refractivity contribution is 6.28. The van der Waals surface area contributed by atoms with E-state index in [4.69, 9.17) is 16.3 Å². The summed E-state index contributed by atoms with van der Waals surface area (Å²) in [5, 5.41) is 0.0731. The number of fused-ring (bicyclic) bond motifs is 1. The average Bonchev–Trinajstić information content (AvgIpc) is 2.52. The van der Waals surface area contributed by atoms with Crippen molar-refractivity contribution < 1.29 is 4.74 Å². The van der Waals surface area contributed by atoms with Crippen LogP contribution < -0.4 is 11.1 Å². The summed E-state index contributed by atoms with van der Waals surface area (Å²) in [4.78, 5) is 33.0. The van der Waals surface area contributed by atoms with Crippen molar-refractivity contribution in [2.24, 2.45) is 12.5 Å². The summed E-state index contributed by atoms with van der Waals surface area (Å²) in [5.74, 6) is 0. The molecule has 2 aliphatic rings. The molecule has 0 atom stereocenters. The molecule has 7 nitrogen and oxygen atoms in total. The van der Waals surface area contributed by atoms with Crippen LogP contribution in [0.2, 0.25) is 5.28 Å². The summed E-state index contributed by atoms with van der Waals surface area (Å²) in [7, 11) is 1.55. The van der Waals surface area contributed by atoms with Crippen LogP contribution in [0.3, 0.4) is 0 Å². The number of ether oxygens (including phenoxy) is 1. The third-order valence-electron chi connectivity index (χ3n) is 5.21. The summed E-state index contributed by atoms with van der Waals surface area (Å²) < 4.78 is 8.15. The molecule has 2 aromatic heterocycles. The van der Waals surface area contributed by atoms with Crippen LogP contribution in [-0.2, 0) is 11.8 Å². The zero-order valence-corrected chi connectivity index (χ0v) is 13.5. The highest BCUT2D eigenvalue weighted by Gasteiger charge is 2.42. The Hall–Kier alpha value is -1.73. The van der Waals surface area contributed by atoms with Crippen molar-refractivity contribution >= 4 is 22.8 Å². The SMILES string of the molecule is Cn1c(=O)c(=O)n(C2CCC3(CC2)COC3)c2nc(Cl)ncc21. The lowest BCUT2D eigenvalue weighted by Crippen LogP contribution is -2.48. The second-order valence-corrected chi connectivity index (χ2v) is 6.95. The van der Waals surface area contributed by atoms with Gasteiger partial charge < -0.3 is 9.30 Å². The van der Waals surface area contributed by atoms with Gasteiger partial charge in [-0.1, -0.05) is 0 Å². The highest BCUT2D eigenvalue weighted by atomic mass is 35.5. The molecule has 1 aliphatic carbocycles. The van der Waals surface area contributed by atoms with Crippen molar-refractivity contribution in [2.75, 3.05) is 13.2 Å². The van der Waals surface area contributed by atoms with E-state index in [1.165, 1.54) is 15.3 Å². The third kappa shape index (κ3) is 2.21. The Morgan fingerprint density at radius 2 is 1.96 bits per heavy atom. The molecular weight excluding hydrogens is 320 g/mol. The van der Waals surface area contributed by atoms with Crippen molar-refractivity contribution in [3.63, 3.8) is 0 Å². The number of halogens is 1. The quantitative estimate of drug-likeness (QED) is 0.579. The molecule has 0 unspecified atom stereocenters. The van der Waals surface area contributed by atoms with Gasteiger partial charge in [0.15, 0.2) is 5.65 Å². The summed E-state index contributed by atoms with van der Waals surface area (Å²) in [6.07, 6.45) is 5.17. The van der Waals surface area contributed by atoms with Gasteiger partial charge in [-0.2, -0.15) is 4.98 Å². The molecule has 1 spiro atoms. The Morgan fingerprint density at radius 3 is 2.57 bits per heavy atom. The Kier molecular flexibility index (Phi) is 3.32. The van der Waals surface area contributed by atoms with Crippen LogP contribution in [0.4, 0.5) is 0 Å². The molecule has 4 rings (SSSR count). The molecule has 122 valence electrons. The van der Waals surface area contributed by atoms with Gasteiger partial charge in [0.1, 0.15) is 5.52 Å². The largest absolute Gasteiger partial charge is 0.380 e. The average molecular weight is 337 g/mol. The van der Waals surface area contributed by atoms with Crippen LogP contribution in [0.25, 0.3) is 11.2 Å². The molecule has 0 aromatic carbocycles. The predicted molar refractivity (Wildman–Crippen MR) is 84.8 cm³/mol. The van der Waals surface area contributed by atoms with E-state index in [1.54, 1.807) is 7.05 Å². The van der Waals surface area contributed by atoms with Crippen LogP contribution in [0.15, 0.2) is 15.8 Å². The lowest BCUT2D eigenvalue weighted by atomic mass is 9.71. The fourth-order valence-electron chi connectivity index (χ4n) is 3.70. The van der Waals surface area contributed by atoms with E-state index in [0.717, 1.165) is 38.9 Å². The number of aryl methyl sites for hydroxylation is 1. The van der Waals surface area contributed by atoms with Crippen molar-refractivity contribution in [2.45, 2.75) is 31.7 Å². The first-order chi connectivity index (χ1) is 11.0. The van der Waals surface area contributed by atoms with Crippen LogP contribution in [0, 0.1) is 5.41 Å². The van der Waals surface area contributed by atoms with Crippen molar-refractivity contribution in [3.05, 3.63) is 32.2 Å². The van der Waals surface area contributed by atoms with E-state index < -0.39 is 11.1 Å². The predicted octanol–water partition coefficient (Wildman–Crippen LogP) is 1.28. The molecule has 8 heteroatoms. The van der Waals surface area contributed by atoms with E-state index in [0.29, 0.717) is 11.2 Å². The van der Waals surface area contributed by atoms with Gasteiger partial charge in [-0.25, -0.2) is 4.98 Å². The van der Waals surface area contributed by atoms with Gasteiger partial charge >= 0.3 is 11.1 Å². The van der Waals surface area contributed by atoms with Crippen molar-refractivity contribution in [1.29, 1.82) is 0 Å².